The van der Waals surface area contributed by atoms with Crippen molar-refractivity contribution in [3.05, 3.63) is 64.4 Å². The zero-order valence-corrected chi connectivity index (χ0v) is 15.1. The first-order valence-electron chi connectivity index (χ1n) is 7.75. The summed E-state index contributed by atoms with van der Waals surface area (Å²) in [6.45, 7) is 0. The monoisotopic (exact) mass is 353 g/mol. The number of para-hydroxylation sites is 1. The molecule has 0 aliphatic heterocycles. The predicted molar refractivity (Wildman–Crippen MR) is 105 cm³/mol. The van der Waals surface area contributed by atoms with Gasteiger partial charge in [-0.15, -0.1) is 11.8 Å². The van der Waals surface area contributed by atoms with Crippen LogP contribution in [0.2, 0.25) is 0 Å². The fourth-order valence-electron chi connectivity index (χ4n) is 2.82. The fraction of sp³-hybridized carbons (Fsp3) is 0.158. The first-order valence-corrected chi connectivity index (χ1v) is 8.97. The minimum absolute atomic E-state index is 0.000365. The van der Waals surface area contributed by atoms with Crippen LogP contribution in [0.25, 0.3) is 10.9 Å². The molecule has 5 nitrogen and oxygen atoms in total. The van der Waals surface area contributed by atoms with Crippen LogP contribution in [0, 0.1) is 0 Å². The third-order valence-corrected chi connectivity index (χ3v) is 5.03. The van der Waals surface area contributed by atoms with E-state index in [1.165, 1.54) is 9.47 Å². The van der Waals surface area contributed by atoms with Gasteiger partial charge in [0.1, 0.15) is 5.56 Å². The standard InChI is InChI=1S/C19H19N3O2S/c1-21(12-7-5-4-6-8-12)18(23)16-17(20)14-11-13(25-3)9-10-15(14)22(2)19(16)24/h4-11H,20H2,1-3H3. The first-order chi connectivity index (χ1) is 12.0. The molecule has 0 bridgehead atoms. The lowest BCUT2D eigenvalue weighted by molar-refractivity contribution is 0.0992. The summed E-state index contributed by atoms with van der Waals surface area (Å²) in [5.41, 5.74) is 7.50. The molecular formula is C19H19N3O2S. The number of aromatic nitrogens is 1. The molecule has 2 N–H and O–H groups in total. The van der Waals surface area contributed by atoms with Crippen molar-refractivity contribution in [1.29, 1.82) is 0 Å². The van der Waals surface area contributed by atoms with Crippen molar-refractivity contribution < 1.29 is 4.79 Å². The van der Waals surface area contributed by atoms with E-state index in [2.05, 4.69) is 0 Å². The summed E-state index contributed by atoms with van der Waals surface area (Å²) in [5.74, 6) is -0.416. The number of aryl methyl sites for hydroxylation is 1. The second kappa shape index (κ2) is 6.64. The number of pyridine rings is 1. The Labute approximate surface area is 150 Å². The first kappa shape index (κ1) is 17.1. The average Bonchev–Trinajstić information content (AvgIpc) is 2.65. The number of carbonyl (C=O) groups excluding carboxylic acids is 1. The highest BCUT2D eigenvalue weighted by Crippen LogP contribution is 2.28. The van der Waals surface area contributed by atoms with Crippen LogP contribution in [0.15, 0.2) is 58.2 Å². The smallest absolute Gasteiger partial charge is 0.265 e. The van der Waals surface area contributed by atoms with Crippen LogP contribution in [0.1, 0.15) is 10.4 Å². The topological polar surface area (TPSA) is 68.3 Å². The minimum atomic E-state index is -0.416. The number of rotatable bonds is 3. The van der Waals surface area contributed by atoms with E-state index < -0.39 is 11.5 Å². The number of carbonyl (C=O) groups is 1. The molecule has 1 aromatic heterocycles. The molecule has 0 radical (unpaired) electrons. The van der Waals surface area contributed by atoms with Crippen molar-refractivity contribution >= 4 is 39.9 Å². The zero-order valence-electron chi connectivity index (χ0n) is 14.3. The maximum Gasteiger partial charge on any atom is 0.265 e. The molecule has 0 saturated carbocycles. The Morgan fingerprint density at radius 1 is 1.16 bits per heavy atom. The number of benzene rings is 2. The molecule has 6 heteroatoms. The van der Waals surface area contributed by atoms with Gasteiger partial charge in [-0.2, -0.15) is 0 Å². The van der Waals surface area contributed by atoms with Crippen molar-refractivity contribution in [2.24, 2.45) is 7.05 Å². The van der Waals surface area contributed by atoms with E-state index in [0.717, 1.165) is 4.90 Å². The van der Waals surface area contributed by atoms with Gasteiger partial charge in [0, 0.05) is 30.1 Å². The average molecular weight is 353 g/mol. The van der Waals surface area contributed by atoms with Gasteiger partial charge in [-0.05, 0) is 36.6 Å². The van der Waals surface area contributed by atoms with E-state index in [0.29, 0.717) is 16.6 Å². The van der Waals surface area contributed by atoms with E-state index in [1.54, 1.807) is 25.9 Å². The molecular weight excluding hydrogens is 334 g/mol. The Kier molecular flexibility index (Phi) is 4.55. The van der Waals surface area contributed by atoms with Gasteiger partial charge in [0.2, 0.25) is 0 Å². The Morgan fingerprint density at radius 3 is 2.48 bits per heavy atom. The van der Waals surface area contributed by atoms with Crippen LogP contribution in [0.5, 0.6) is 0 Å². The van der Waals surface area contributed by atoms with E-state index in [-0.39, 0.29) is 11.3 Å². The zero-order chi connectivity index (χ0) is 18.1. The van der Waals surface area contributed by atoms with E-state index in [4.69, 9.17) is 5.73 Å². The predicted octanol–water partition coefficient (Wildman–Crippen LogP) is 3.12. The Bertz CT molecular complexity index is 1010. The molecule has 3 aromatic rings. The lowest BCUT2D eigenvalue weighted by Crippen LogP contribution is -2.35. The molecule has 0 unspecified atom stereocenters. The van der Waals surface area contributed by atoms with Crippen molar-refractivity contribution in [2.45, 2.75) is 4.90 Å². The summed E-state index contributed by atoms with van der Waals surface area (Å²) >= 11 is 1.58. The van der Waals surface area contributed by atoms with Gasteiger partial charge < -0.3 is 15.2 Å². The number of thioether (sulfide) groups is 1. The number of hydrogen-bond acceptors (Lipinski definition) is 4. The highest BCUT2D eigenvalue weighted by Gasteiger charge is 2.23. The lowest BCUT2D eigenvalue weighted by atomic mass is 10.1. The highest BCUT2D eigenvalue weighted by molar-refractivity contribution is 7.98. The number of nitrogens with two attached hydrogens (primary N) is 1. The molecule has 2 aromatic carbocycles. The van der Waals surface area contributed by atoms with Crippen molar-refractivity contribution in [2.75, 3.05) is 23.9 Å². The van der Waals surface area contributed by atoms with Gasteiger partial charge in [-0.3, -0.25) is 9.59 Å². The molecule has 1 amide bonds. The summed E-state index contributed by atoms with van der Waals surface area (Å²) in [6, 6.07) is 14.9. The van der Waals surface area contributed by atoms with Gasteiger partial charge in [0.05, 0.1) is 11.2 Å². The molecule has 0 fully saturated rings. The normalized spacial score (nSPS) is 10.8. The third kappa shape index (κ3) is 2.89. The summed E-state index contributed by atoms with van der Waals surface area (Å²) in [6.07, 6.45) is 1.97. The molecule has 1 heterocycles. The third-order valence-electron chi connectivity index (χ3n) is 4.31. The van der Waals surface area contributed by atoms with Gasteiger partial charge >= 0.3 is 0 Å². The highest BCUT2D eigenvalue weighted by atomic mass is 32.2. The van der Waals surface area contributed by atoms with E-state index in [9.17, 15) is 9.59 Å². The number of nitrogens with zero attached hydrogens (tertiary/aromatic N) is 2. The second-order valence-electron chi connectivity index (χ2n) is 5.74. The maximum absolute atomic E-state index is 13.0. The number of hydrogen-bond donors (Lipinski definition) is 1. The molecule has 0 aliphatic rings. The fourth-order valence-corrected chi connectivity index (χ4v) is 3.26. The van der Waals surface area contributed by atoms with E-state index in [1.807, 2.05) is 54.8 Å². The SMILES string of the molecule is CSc1ccc2c(c1)c(N)c(C(=O)N(C)c1ccccc1)c(=O)n2C. The molecule has 0 spiro atoms. The minimum Gasteiger partial charge on any atom is -0.397 e. The number of fused-ring (bicyclic) bond motifs is 1. The van der Waals surface area contributed by atoms with Crippen molar-refractivity contribution in [3.63, 3.8) is 0 Å². The van der Waals surface area contributed by atoms with Gasteiger partial charge in [-0.25, -0.2) is 0 Å². The van der Waals surface area contributed by atoms with Crippen LogP contribution < -0.4 is 16.2 Å². The van der Waals surface area contributed by atoms with Crippen LogP contribution in [0.4, 0.5) is 11.4 Å². The van der Waals surface area contributed by atoms with Crippen LogP contribution in [0.3, 0.4) is 0 Å². The number of nitrogen functional groups attached to an aromatic ring is 1. The summed E-state index contributed by atoms with van der Waals surface area (Å²) < 4.78 is 1.47. The molecule has 128 valence electrons. The van der Waals surface area contributed by atoms with E-state index >= 15 is 0 Å². The molecule has 0 saturated heterocycles. The quantitative estimate of drug-likeness (QED) is 0.735. The Morgan fingerprint density at radius 2 is 1.84 bits per heavy atom. The lowest BCUT2D eigenvalue weighted by Gasteiger charge is -2.19. The largest absolute Gasteiger partial charge is 0.397 e. The second-order valence-corrected chi connectivity index (χ2v) is 6.62. The molecule has 0 atom stereocenters. The Balaban J connectivity index is 2.22. The van der Waals surface area contributed by atoms with Crippen LogP contribution in [-0.2, 0) is 7.05 Å². The maximum atomic E-state index is 13.0. The Hall–Kier alpha value is -2.73. The van der Waals surface area contributed by atoms with Crippen LogP contribution in [-0.4, -0.2) is 23.8 Å². The molecule has 0 aliphatic carbocycles. The summed E-state index contributed by atoms with van der Waals surface area (Å²) in [7, 11) is 3.29. The van der Waals surface area contributed by atoms with Crippen molar-refractivity contribution in [1.82, 2.24) is 4.57 Å². The number of anilines is 2. The molecule has 3 rings (SSSR count). The van der Waals surface area contributed by atoms with Gasteiger partial charge in [0.25, 0.3) is 11.5 Å². The van der Waals surface area contributed by atoms with Crippen LogP contribution >= 0.6 is 11.8 Å². The summed E-state index contributed by atoms with van der Waals surface area (Å²) in [5, 5.41) is 0.707. The summed E-state index contributed by atoms with van der Waals surface area (Å²) in [4.78, 5) is 28.2. The number of amides is 1. The van der Waals surface area contributed by atoms with Gasteiger partial charge in [-0.1, -0.05) is 18.2 Å². The van der Waals surface area contributed by atoms with Crippen molar-refractivity contribution in [3.8, 4) is 0 Å². The van der Waals surface area contributed by atoms with Gasteiger partial charge in [0.15, 0.2) is 0 Å². The molecule has 25 heavy (non-hydrogen) atoms.